The summed E-state index contributed by atoms with van der Waals surface area (Å²) in [6.45, 7) is 5.64. The zero-order valence-electron chi connectivity index (χ0n) is 21.4. The number of fused-ring (bicyclic) bond motifs is 1. The molecular formula is C27H31ClN4O6. The number of carbonyl (C=O) groups is 2. The van der Waals surface area contributed by atoms with Crippen LogP contribution >= 0.6 is 11.6 Å². The minimum Gasteiger partial charge on any atom is -0.455 e. The maximum atomic E-state index is 13.8. The predicted octanol–water partition coefficient (Wildman–Crippen LogP) is 3.25. The summed E-state index contributed by atoms with van der Waals surface area (Å²) >= 11 is 6.52. The Morgan fingerprint density at radius 3 is 2.55 bits per heavy atom. The third kappa shape index (κ3) is 6.09. The van der Waals surface area contributed by atoms with E-state index in [9.17, 15) is 14.4 Å². The Morgan fingerprint density at radius 1 is 1.11 bits per heavy atom. The number of nitrogens with one attached hydrogen (secondary N) is 1. The molecule has 0 aliphatic carbocycles. The molecule has 4 rings (SSSR count). The fourth-order valence-electron chi connectivity index (χ4n) is 4.37. The van der Waals surface area contributed by atoms with E-state index in [4.69, 9.17) is 25.8 Å². The van der Waals surface area contributed by atoms with Gasteiger partial charge >= 0.3 is 6.09 Å². The van der Waals surface area contributed by atoms with Crippen molar-refractivity contribution >= 4 is 40.2 Å². The molecule has 3 aromatic rings. The number of para-hydroxylation sites is 1. The van der Waals surface area contributed by atoms with Gasteiger partial charge in [-0.05, 0) is 31.2 Å². The van der Waals surface area contributed by atoms with Crippen molar-refractivity contribution < 1.29 is 23.8 Å². The number of rotatable bonds is 9. The molecule has 0 radical (unpaired) electrons. The lowest BCUT2D eigenvalue weighted by molar-refractivity contribution is 0.0366. The molecule has 1 N–H and O–H groups in total. The number of ether oxygens (including phenoxy) is 3. The van der Waals surface area contributed by atoms with Gasteiger partial charge in [-0.25, -0.2) is 4.79 Å². The van der Waals surface area contributed by atoms with E-state index in [2.05, 4.69) is 10.2 Å². The average molecular weight is 543 g/mol. The van der Waals surface area contributed by atoms with E-state index in [1.165, 1.54) is 9.47 Å². The monoisotopic (exact) mass is 542 g/mol. The average Bonchev–Trinajstić information content (AvgIpc) is 2.93. The maximum Gasteiger partial charge on any atom is 0.410 e. The summed E-state index contributed by atoms with van der Waals surface area (Å²) in [6, 6.07) is 14.1. The van der Waals surface area contributed by atoms with Crippen LogP contribution in [0.2, 0.25) is 5.02 Å². The number of amides is 2. The highest BCUT2D eigenvalue weighted by Gasteiger charge is 2.28. The van der Waals surface area contributed by atoms with E-state index in [0.717, 1.165) is 13.1 Å². The number of alkyl carbamates (subject to hydrolysis) is 1. The van der Waals surface area contributed by atoms with Crippen molar-refractivity contribution in [1.82, 2.24) is 14.8 Å². The molecule has 1 aromatic heterocycles. The summed E-state index contributed by atoms with van der Waals surface area (Å²) in [6.07, 6.45) is -0.676. The highest BCUT2D eigenvalue weighted by atomic mass is 35.5. The first kappa shape index (κ1) is 27.4. The Morgan fingerprint density at radius 2 is 1.84 bits per heavy atom. The maximum absolute atomic E-state index is 13.8. The molecule has 1 aliphatic rings. The number of benzene rings is 2. The van der Waals surface area contributed by atoms with Gasteiger partial charge in [0.2, 0.25) is 6.79 Å². The molecule has 2 heterocycles. The summed E-state index contributed by atoms with van der Waals surface area (Å²) < 4.78 is 17.7. The Bertz CT molecular complexity index is 1340. The normalized spacial score (nSPS) is 13.8. The quantitative estimate of drug-likeness (QED) is 0.414. The second kappa shape index (κ2) is 12.8. The molecule has 0 atom stereocenters. The van der Waals surface area contributed by atoms with Crippen molar-refractivity contribution in [3.05, 3.63) is 69.5 Å². The second-order valence-electron chi connectivity index (χ2n) is 8.66. The lowest BCUT2D eigenvalue weighted by Crippen LogP contribution is -2.41. The number of hydrogen-bond acceptors (Lipinski definition) is 7. The highest BCUT2D eigenvalue weighted by molar-refractivity contribution is 6.36. The number of aryl methyl sites for hydroxylation is 1. The van der Waals surface area contributed by atoms with Crippen molar-refractivity contribution in [2.24, 2.45) is 7.05 Å². The van der Waals surface area contributed by atoms with Crippen molar-refractivity contribution in [2.45, 2.75) is 6.92 Å². The first-order chi connectivity index (χ1) is 18.4. The van der Waals surface area contributed by atoms with Crippen LogP contribution in [0.5, 0.6) is 5.75 Å². The third-order valence-electron chi connectivity index (χ3n) is 6.36. The number of hydrogen-bond donors (Lipinski definition) is 1. The van der Waals surface area contributed by atoms with Gasteiger partial charge in [-0.2, -0.15) is 0 Å². The number of nitrogens with zero attached hydrogens (tertiary/aromatic N) is 3. The van der Waals surface area contributed by atoms with Crippen LogP contribution in [0, 0.1) is 0 Å². The molecule has 0 bridgehead atoms. The zero-order chi connectivity index (χ0) is 27.1. The minimum absolute atomic E-state index is 0.0332. The van der Waals surface area contributed by atoms with Crippen LogP contribution in [-0.4, -0.2) is 74.2 Å². The van der Waals surface area contributed by atoms with Crippen LogP contribution < -0.4 is 20.5 Å². The first-order valence-corrected chi connectivity index (χ1v) is 12.8. The molecule has 10 nitrogen and oxygen atoms in total. The van der Waals surface area contributed by atoms with Gasteiger partial charge in [-0.3, -0.25) is 14.5 Å². The van der Waals surface area contributed by atoms with E-state index >= 15 is 0 Å². The van der Waals surface area contributed by atoms with Gasteiger partial charge in [0, 0.05) is 45.5 Å². The molecule has 1 fully saturated rings. The third-order valence-corrected chi connectivity index (χ3v) is 6.68. The van der Waals surface area contributed by atoms with Crippen LogP contribution in [0.1, 0.15) is 17.3 Å². The Hall–Kier alpha value is -3.60. The van der Waals surface area contributed by atoms with Crippen LogP contribution in [0.25, 0.3) is 10.9 Å². The van der Waals surface area contributed by atoms with Gasteiger partial charge in [0.05, 0.1) is 29.1 Å². The largest absolute Gasteiger partial charge is 0.455 e. The zero-order valence-corrected chi connectivity index (χ0v) is 22.2. The highest BCUT2D eigenvalue weighted by Crippen LogP contribution is 2.34. The first-order valence-electron chi connectivity index (χ1n) is 12.4. The van der Waals surface area contributed by atoms with Crippen molar-refractivity contribution in [1.29, 1.82) is 0 Å². The lowest BCUT2D eigenvalue weighted by Gasteiger charge is -2.26. The molecule has 2 amide bonds. The molecular weight excluding hydrogens is 512 g/mol. The Kier molecular flexibility index (Phi) is 9.22. The topological polar surface area (TPSA) is 102 Å². The molecule has 1 aliphatic heterocycles. The van der Waals surface area contributed by atoms with E-state index < -0.39 is 24.4 Å². The van der Waals surface area contributed by atoms with Gasteiger partial charge in [-0.1, -0.05) is 35.9 Å². The van der Waals surface area contributed by atoms with E-state index in [1.54, 1.807) is 37.4 Å². The number of anilines is 1. The number of aromatic nitrogens is 1. The van der Waals surface area contributed by atoms with Crippen molar-refractivity contribution in [3.8, 4) is 5.75 Å². The van der Waals surface area contributed by atoms with Crippen LogP contribution in [0.4, 0.5) is 10.5 Å². The van der Waals surface area contributed by atoms with Crippen LogP contribution in [-0.2, 0) is 16.5 Å². The molecule has 0 spiro atoms. The van der Waals surface area contributed by atoms with E-state index in [0.29, 0.717) is 54.5 Å². The number of halogens is 1. The van der Waals surface area contributed by atoms with Gasteiger partial charge in [-0.15, -0.1) is 0 Å². The smallest absolute Gasteiger partial charge is 0.410 e. The summed E-state index contributed by atoms with van der Waals surface area (Å²) in [4.78, 5) is 43.1. The molecule has 11 heteroatoms. The molecule has 0 unspecified atom stereocenters. The van der Waals surface area contributed by atoms with Crippen LogP contribution in [0.15, 0.2) is 53.3 Å². The predicted molar refractivity (Wildman–Crippen MR) is 145 cm³/mol. The number of pyridine rings is 1. The molecule has 2 aromatic carbocycles. The van der Waals surface area contributed by atoms with E-state index in [1.807, 2.05) is 25.1 Å². The lowest BCUT2D eigenvalue weighted by atomic mass is 10.1. The van der Waals surface area contributed by atoms with Crippen molar-refractivity contribution in [3.63, 3.8) is 0 Å². The van der Waals surface area contributed by atoms with E-state index in [-0.39, 0.29) is 11.3 Å². The number of carbonyl (C=O) groups excluding carboxylic acids is 2. The molecule has 1 saturated heterocycles. The van der Waals surface area contributed by atoms with Crippen LogP contribution in [0.3, 0.4) is 0 Å². The second-order valence-corrected chi connectivity index (χ2v) is 9.07. The Balaban J connectivity index is 1.57. The number of morpholine rings is 1. The molecule has 0 saturated carbocycles. The summed E-state index contributed by atoms with van der Waals surface area (Å²) in [5, 5.41) is 3.35. The summed E-state index contributed by atoms with van der Waals surface area (Å²) in [5.41, 5.74) is 0.356. The fourth-order valence-corrected chi connectivity index (χ4v) is 4.62. The fraction of sp³-hybridized carbons (Fsp3) is 0.370. The molecule has 202 valence electrons. The summed E-state index contributed by atoms with van der Waals surface area (Å²) in [7, 11) is 1.57. The van der Waals surface area contributed by atoms with Gasteiger partial charge in [0.1, 0.15) is 5.56 Å². The van der Waals surface area contributed by atoms with Gasteiger partial charge in [0.25, 0.3) is 11.5 Å². The SMILES string of the molecule is CCN(C(=O)c1c(OCOC(=O)NCCN2CCOCC2)c2c(Cl)cccc2n(C)c1=O)c1ccccc1. The molecule has 38 heavy (non-hydrogen) atoms. The summed E-state index contributed by atoms with van der Waals surface area (Å²) in [5.74, 6) is -0.583. The Labute approximate surface area is 225 Å². The van der Waals surface area contributed by atoms with Crippen molar-refractivity contribution in [2.75, 3.05) is 57.6 Å². The minimum atomic E-state index is -0.676. The standard InChI is InChI=1S/C27H31ClN4O6/c1-3-32(19-8-5-4-6-9-19)26(34)23-24(22-20(28)10-7-11-21(22)30(2)25(23)33)37-18-38-27(35)29-12-13-31-14-16-36-17-15-31/h4-11H,3,12-18H2,1-2H3,(H,29,35). The van der Waals surface area contributed by atoms with Gasteiger partial charge < -0.3 is 29.0 Å². The van der Waals surface area contributed by atoms with Gasteiger partial charge in [0.15, 0.2) is 5.75 Å².